The van der Waals surface area contributed by atoms with Crippen LogP contribution >= 0.6 is 0 Å². The summed E-state index contributed by atoms with van der Waals surface area (Å²) in [5, 5.41) is 11.1. The lowest BCUT2D eigenvalue weighted by Crippen LogP contribution is -2.35. The fourth-order valence-electron chi connectivity index (χ4n) is 0.465. The van der Waals surface area contributed by atoms with Crippen LogP contribution in [0.15, 0.2) is 0 Å². The molecule has 0 saturated heterocycles. The first-order valence-electron chi connectivity index (χ1n) is 3.13. The number of ether oxygens (including phenoxy) is 1. The maximum Gasteiger partial charge on any atom is 0.320 e. The van der Waals surface area contributed by atoms with Crippen LogP contribution in [0.5, 0.6) is 0 Å². The summed E-state index contributed by atoms with van der Waals surface area (Å²) in [7, 11) is 1.58. The van der Waals surface area contributed by atoms with Gasteiger partial charge in [0, 0.05) is 13.7 Å². The molecule has 0 rings (SSSR count). The summed E-state index contributed by atoms with van der Waals surface area (Å²) >= 11 is 0. The number of hydrogen-bond donors (Lipinski definition) is 2. The Morgan fingerprint density at radius 1 is 1.80 bits per heavy atom. The van der Waals surface area contributed by atoms with Gasteiger partial charge in [0.1, 0.15) is 6.04 Å². The molecule has 0 spiro atoms. The van der Waals surface area contributed by atoms with Crippen molar-refractivity contribution >= 4 is 5.97 Å². The van der Waals surface area contributed by atoms with Crippen LogP contribution in [0.2, 0.25) is 0 Å². The zero-order valence-electron chi connectivity index (χ0n) is 6.26. The second-order valence-electron chi connectivity index (χ2n) is 2.01. The lowest BCUT2D eigenvalue weighted by Gasteiger charge is -2.06. The summed E-state index contributed by atoms with van der Waals surface area (Å²) < 4.78 is 4.72. The summed E-state index contributed by atoms with van der Waals surface area (Å²) in [5.74, 6) is -0.837. The molecule has 0 aromatic heterocycles. The molecule has 0 bridgehead atoms. The molecule has 0 amide bonds. The molecule has 10 heavy (non-hydrogen) atoms. The fraction of sp³-hybridized carbons (Fsp3) is 0.833. The molecule has 60 valence electrons. The van der Waals surface area contributed by atoms with Crippen molar-refractivity contribution in [1.29, 1.82) is 0 Å². The molecule has 0 fully saturated rings. The van der Waals surface area contributed by atoms with Gasteiger partial charge in [-0.25, -0.2) is 0 Å². The number of hydrogen-bond acceptors (Lipinski definition) is 3. The Balaban J connectivity index is 3.21. The normalized spacial score (nSPS) is 13.0. The van der Waals surface area contributed by atoms with Crippen LogP contribution in [-0.2, 0) is 9.53 Å². The lowest BCUT2D eigenvalue weighted by molar-refractivity contribution is -0.139. The highest BCUT2D eigenvalue weighted by molar-refractivity contribution is 5.72. The van der Waals surface area contributed by atoms with E-state index in [-0.39, 0.29) is 0 Å². The predicted octanol–water partition coefficient (Wildman–Crippen LogP) is -0.305. The Morgan fingerprint density at radius 3 is 2.80 bits per heavy atom. The van der Waals surface area contributed by atoms with Gasteiger partial charge in [0.2, 0.25) is 0 Å². The second-order valence-corrected chi connectivity index (χ2v) is 2.01. The Morgan fingerprint density at radius 2 is 2.40 bits per heavy atom. The molecule has 0 aliphatic rings. The third-order valence-corrected chi connectivity index (χ3v) is 1.13. The van der Waals surface area contributed by atoms with E-state index in [1.54, 1.807) is 14.0 Å². The van der Waals surface area contributed by atoms with Crippen molar-refractivity contribution in [1.82, 2.24) is 5.32 Å². The molecule has 0 aliphatic heterocycles. The van der Waals surface area contributed by atoms with E-state index in [9.17, 15) is 4.79 Å². The Kier molecular flexibility index (Phi) is 4.88. The van der Waals surface area contributed by atoms with Crippen LogP contribution in [0.3, 0.4) is 0 Å². The number of rotatable bonds is 5. The summed E-state index contributed by atoms with van der Waals surface area (Å²) in [6.07, 6.45) is 0. The van der Waals surface area contributed by atoms with E-state index >= 15 is 0 Å². The molecule has 0 radical (unpaired) electrons. The number of carbonyl (C=O) groups is 1. The van der Waals surface area contributed by atoms with Gasteiger partial charge in [0.05, 0.1) is 6.61 Å². The van der Waals surface area contributed by atoms with E-state index in [1.807, 2.05) is 0 Å². The number of carboxylic acid groups (broad SMARTS) is 1. The molecule has 0 aliphatic carbocycles. The Hall–Kier alpha value is -0.610. The average molecular weight is 147 g/mol. The first-order valence-corrected chi connectivity index (χ1v) is 3.13. The summed E-state index contributed by atoms with van der Waals surface area (Å²) in [6.45, 7) is 2.71. The molecule has 0 aromatic carbocycles. The standard InChI is InChI=1S/C6H13NO3/c1-5(6(8)9)7-3-4-10-2/h5,7H,3-4H2,1-2H3,(H,8,9)/t5-/m0/s1. The van der Waals surface area contributed by atoms with Crippen LogP contribution in [-0.4, -0.2) is 37.4 Å². The van der Waals surface area contributed by atoms with Gasteiger partial charge in [0.15, 0.2) is 0 Å². The van der Waals surface area contributed by atoms with E-state index < -0.39 is 12.0 Å². The van der Waals surface area contributed by atoms with Crippen LogP contribution in [0.1, 0.15) is 6.92 Å². The van der Waals surface area contributed by atoms with Crippen LogP contribution in [0, 0.1) is 0 Å². The van der Waals surface area contributed by atoms with Crippen molar-refractivity contribution in [2.75, 3.05) is 20.3 Å². The molecule has 4 nitrogen and oxygen atoms in total. The number of aliphatic carboxylic acids is 1. The van der Waals surface area contributed by atoms with Crippen molar-refractivity contribution in [3.05, 3.63) is 0 Å². The van der Waals surface area contributed by atoms with Crippen molar-refractivity contribution in [2.45, 2.75) is 13.0 Å². The van der Waals surface area contributed by atoms with E-state index in [0.29, 0.717) is 13.2 Å². The zero-order chi connectivity index (χ0) is 7.98. The van der Waals surface area contributed by atoms with Crippen molar-refractivity contribution in [3.63, 3.8) is 0 Å². The van der Waals surface area contributed by atoms with Gasteiger partial charge in [-0.3, -0.25) is 4.79 Å². The van der Waals surface area contributed by atoms with Gasteiger partial charge in [-0.2, -0.15) is 0 Å². The van der Waals surface area contributed by atoms with Crippen molar-refractivity contribution < 1.29 is 14.6 Å². The highest BCUT2D eigenvalue weighted by atomic mass is 16.5. The van der Waals surface area contributed by atoms with Gasteiger partial charge in [-0.1, -0.05) is 0 Å². The average Bonchev–Trinajstić information content (AvgIpc) is 1.88. The van der Waals surface area contributed by atoms with Crippen LogP contribution < -0.4 is 5.32 Å². The molecular formula is C6H13NO3. The van der Waals surface area contributed by atoms with E-state index in [2.05, 4.69) is 5.32 Å². The maximum atomic E-state index is 10.2. The molecule has 4 heteroatoms. The molecule has 0 saturated carbocycles. The molecule has 0 aromatic rings. The van der Waals surface area contributed by atoms with Gasteiger partial charge in [-0.15, -0.1) is 0 Å². The number of methoxy groups -OCH3 is 1. The Bertz CT molecular complexity index is 105. The van der Waals surface area contributed by atoms with Crippen molar-refractivity contribution in [2.24, 2.45) is 0 Å². The predicted molar refractivity (Wildman–Crippen MR) is 37.0 cm³/mol. The summed E-state index contributed by atoms with van der Waals surface area (Å²) in [5.41, 5.74) is 0. The first kappa shape index (κ1) is 9.39. The number of carboxylic acids is 1. The van der Waals surface area contributed by atoms with E-state index in [1.165, 1.54) is 0 Å². The van der Waals surface area contributed by atoms with Gasteiger partial charge in [0.25, 0.3) is 0 Å². The zero-order valence-corrected chi connectivity index (χ0v) is 6.26. The number of nitrogens with one attached hydrogen (secondary N) is 1. The third kappa shape index (κ3) is 4.29. The van der Waals surface area contributed by atoms with Gasteiger partial charge >= 0.3 is 5.97 Å². The first-order chi connectivity index (χ1) is 4.68. The molecule has 1 atom stereocenters. The minimum atomic E-state index is -0.837. The fourth-order valence-corrected chi connectivity index (χ4v) is 0.465. The van der Waals surface area contributed by atoms with E-state index in [0.717, 1.165) is 0 Å². The molecule has 2 N–H and O–H groups in total. The molecule has 0 unspecified atom stereocenters. The smallest absolute Gasteiger partial charge is 0.320 e. The van der Waals surface area contributed by atoms with E-state index in [4.69, 9.17) is 9.84 Å². The molecular weight excluding hydrogens is 134 g/mol. The highest BCUT2D eigenvalue weighted by Crippen LogP contribution is 1.78. The lowest BCUT2D eigenvalue weighted by atomic mass is 10.3. The highest BCUT2D eigenvalue weighted by Gasteiger charge is 2.07. The van der Waals surface area contributed by atoms with Crippen molar-refractivity contribution in [3.8, 4) is 0 Å². The van der Waals surface area contributed by atoms with Gasteiger partial charge < -0.3 is 15.2 Å². The third-order valence-electron chi connectivity index (χ3n) is 1.13. The minimum Gasteiger partial charge on any atom is -0.480 e. The topological polar surface area (TPSA) is 58.6 Å². The summed E-state index contributed by atoms with van der Waals surface area (Å²) in [4.78, 5) is 10.2. The SMILES string of the molecule is COCCN[C@@H](C)C(=O)O. The maximum absolute atomic E-state index is 10.2. The Labute approximate surface area is 60.2 Å². The van der Waals surface area contributed by atoms with Crippen LogP contribution in [0.25, 0.3) is 0 Å². The quantitative estimate of drug-likeness (QED) is 0.524. The monoisotopic (exact) mass is 147 g/mol. The second kappa shape index (κ2) is 5.20. The summed E-state index contributed by atoms with van der Waals surface area (Å²) in [6, 6.07) is -0.491. The van der Waals surface area contributed by atoms with Crippen LogP contribution in [0.4, 0.5) is 0 Å². The minimum absolute atomic E-state index is 0.491. The van der Waals surface area contributed by atoms with Gasteiger partial charge in [-0.05, 0) is 6.92 Å². The largest absolute Gasteiger partial charge is 0.480 e. The molecule has 0 heterocycles.